The number of amides is 1. The Balaban J connectivity index is 1.95. The molecule has 1 aliphatic carbocycles. The van der Waals surface area contributed by atoms with Gasteiger partial charge in [-0.2, -0.15) is 0 Å². The predicted molar refractivity (Wildman–Crippen MR) is 88.1 cm³/mol. The molecule has 1 amide bonds. The van der Waals surface area contributed by atoms with E-state index in [0.29, 0.717) is 4.99 Å². The van der Waals surface area contributed by atoms with E-state index >= 15 is 0 Å². The molecule has 3 N–H and O–H groups in total. The number of hydrogen-bond donors (Lipinski definition) is 2. The molecule has 0 radical (unpaired) electrons. The fraction of sp³-hybridized carbons (Fsp3) is 0.312. The topological polar surface area (TPSA) is 68.0 Å². The fourth-order valence-electron chi connectivity index (χ4n) is 3.02. The molecule has 0 aliphatic heterocycles. The molecule has 5 heteroatoms. The smallest absolute Gasteiger partial charge is 0.237 e. The Kier molecular flexibility index (Phi) is 3.59. The van der Waals surface area contributed by atoms with Gasteiger partial charge in [0.15, 0.2) is 0 Å². The van der Waals surface area contributed by atoms with Gasteiger partial charge in [0.25, 0.3) is 0 Å². The molecule has 1 aromatic carbocycles. The Morgan fingerprint density at radius 3 is 2.71 bits per heavy atom. The van der Waals surface area contributed by atoms with E-state index in [1.54, 1.807) is 6.20 Å². The van der Waals surface area contributed by atoms with E-state index in [1.165, 1.54) is 0 Å². The van der Waals surface area contributed by atoms with Gasteiger partial charge in [-0.3, -0.25) is 9.78 Å². The molecule has 1 saturated carbocycles. The average molecular weight is 299 g/mol. The van der Waals surface area contributed by atoms with E-state index in [0.717, 1.165) is 42.3 Å². The van der Waals surface area contributed by atoms with Crippen molar-refractivity contribution in [1.29, 1.82) is 0 Å². The van der Waals surface area contributed by atoms with Crippen molar-refractivity contribution in [3.05, 3.63) is 36.5 Å². The van der Waals surface area contributed by atoms with Crippen LogP contribution in [0.5, 0.6) is 0 Å². The van der Waals surface area contributed by atoms with Crippen molar-refractivity contribution in [2.45, 2.75) is 25.7 Å². The van der Waals surface area contributed by atoms with Crippen LogP contribution in [0, 0.1) is 5.41 Å². The number of anilines is 1. The second-order valence-electron chi connectivity index (χ2n) is 5.48. The third kappa shape index (κ3) is 2.38. The number of carbonyl (C=O) groups excluding carboxylic acids is 1. The summed E-state index contributed by atoms with van der Waals surface area (Å²) in [5, 5.41) is 3.92. The summed E-state index contributed by atoms with van der Waals surface area (Å²) in [6.07, 6.45) is 5.18. The van der Waals surface area contributed by atoms with Crippen LogP contribution in [0.15, 0.2) is 36.5 Å². The Morgan fingerprint density at radius 1 is 1.24 bits per heavy atom. The second kappa shape index (κ2) is 5.41. The van der Waals surface area contributed by atoms with Crippen molar-refractivity contribution in [2.24, 2.45) is 11.1 Å². The maximum atomic E-state index is 12.7. The van der Waals surface area contributed by atoms with Gasteiger partial charge in [-0.05, 0) is 37.1 Å². The maximum Gasteiger partial charge on any atom is 0.237 e. The molecule has 0 atom stereocenters. The summed E-state index contributed by atoms with van der Waals surface area (Å²) in [4.78, 5) is 17.3. The van der Waals surface area contributed by atoms with E-state index < -0.39 is 5.41 Å². The average Bonchev–Trinajstić information content (AvgIpc) is 2.98. The number of thiocarbonyl (C=S) groups is 1. The summed E-state index contributed by atoms with van der Waals surface area (Å²) in [6, 6.07) is 9.48. The Labute approximate surface area is 128 Å². The molecule has 1 heterocycles. The minimum absolute atomic E-state index is 0.0937. The van der Waals surface area contributed by atoms with Gasteiger partial charge in [0.2, 0.25) is 5.91 Å². The number of rotatable bonds is 3. The molecule has 0 bridgehead atoms. The Hall–Kier alpha value is -2.01. The van der Waals surface area contributed by atoms with Crippen LogP contribution >= 0.6 is 12.2 Å². The van der Waals surface area contributed by atoms with Crippen molar-refractivity contribution in [3.8, 4) is 0 Å². The molecule has 0 spiro atoms. The van der Waals surface area contributed by atoms with Crippen LogP contribution in [-0.2, 0) is 4.79 Å². The summed E-state index contributed by atoms with van der Waals surface area (Å²) < 4.78 is 0. The molecule has 1 aliphatic rings. The summed E-state index contributed by atoms with van der Waals surface area (Å²) in [6.45, 7) is 0. The van der Waals surface area contributed by atoms with E-state index in [2.05, 4.69) is 10.3 Å². The summed E-state index contributed by atoms with van der Waals surface area (Å²) in [7, 11) is 0. The van der Waals surface area contributed by atoms with E-state index in [9.17, 15) is 4.79 Å². The third-order valence-electron chi connectivity index (χ3n) is 4.26. The predicted octanol–water partition coefficient (Wildman–Crippen LogP) is 3.02. The van der Waals surface area contributed by atoms with Crippen molar-refractivity contribution in [3.63, 3.8) is 0 Å². The van der Waals surface area contributed by atoms with Crippen molar-refractivity contribution in [1.82, 2.24) is 4.98 Å². The lowest BCUT2D eigenvalue weighted by Crippen LogP contribution is -2.43. The zero-order valence-corrected chi connectivity index (χ0v) is 12.5. The molecular weight excluding hydrogens is 282 g/mol. The number of hydrogen-bond acceptors (Lipinski definition) is 3. The lowest BCUT2D eigenvalue weighted by atomic mass is 9.85. The normalized spacial score (nSPS) is 16.8. The molecule has 1 aromatic heterocycles. The van der Waals surface area contributed by atoms with Gasteiger partial charge in [0, 0.05) is 11.6 Å². The van der Waals surface area contributed by atoms with Crippen molar-refractivity contribution >= 4 is 39.7 Å². The number of aromatic nitrogens is 1. The van der Waals surface area contributed by atoms with Gasteiger partial charge < -0.3 is 11.1 Å². The van der Waals surface area contributed by atoms with E-state index in [-0.39, 0.29) is 5.91 Å². The standard InChI is InChI=1S/C16H17N3OS/c17-14(21)16(8-1-2-9-16)15(20)19-13-7-3-6-12-11(13)5-4-10-18-12/h3-7,10H,1-2,8-9H2,(H2,17,21)(H,19,20). The first kappa shape index (κ1) is 13.9. The van der Waals surface area contributed by atoms with Crippen molar-refractivity contribution in [2.75, 3.05) is 5.32 Å². The lowest BCUT2D eigenvalue weighted by molar-refractivity contribution is -0.122. The molecule has 2 aromatic rings. The Bertz CT molecular complexity index is 702. The van der Waals surface area contributed by atoms with E-state index in [4.69, 9.17) is 18.0 Å². The first-order valence-electron chi connectivity index (χ1n) is 7.09. The van der Waals surface area contributed by atoms with Crippen LogP contribution in [0.2, 0.25) is 0 Å². The SMILES string of the molecule is NC(=S)C1(C(=O)Nc2cccc3ncccc23)CCCC1. The van der Waals surface area contributed by atoms with Gasteiger partial charge in [0.1, 0.15) is 0 Å². The van der Waals surface area contributed by atoms with Crippen LogP contribution in [0.3, 0.4) is 0 Å². The highest BCUT2D eigenvalue weighted by atomic mass is 32.1. The highest BCUT2D eigenvalue weighted by molar-refractivity contribution is 7.80. The van der Waals surface area contributed by atoms with Crippen LogP contribution in [0.25, 0.3) is 10.9 Å². The van der Waals surface area contributed by atoms with Gasteiger partial charge in [-0.15, -0.1) is 0 Å². The van der Waals surface area contributed by atoms with Crippen LogP contribution in [0.4, 0.5) is 5.69 Å². The molecule has 4 nitrogen and oxygen atoms in total. The zero-order valence-electron chi connectivity index (χ0n) is 11.6. The molecular formula is C16H17N3OS. The number of pyridine rings is 1. The zero-order chi connectivity index (χ0) is 14.9. The molecule has 3 rings (SSSR count). The number of nitrogens with zero attached hydrogens (tertiary/aromatic N) is 1. The minimum atomic E-state index is -0.695. The van der Waals surface area contributed by atoms with Crippen LogP contribution in [0.1, 0.15) is 25.7 Å². The van der Waals surface area contributed by atoms with E-state index in [1.807, 2.05) is 30.3 Å². The maximum absolute atomic E-state index is 12.7. The Morgan fingerprint density at radius 2 is 2.00 bits per heavy atom. The largest absolute Gasteiger partial charge is 0.392 e. The monoisotopic (exact) mass is 299 g/mol. The van der Waals surface area contributed by atoms with Crippen molar-refractivity contribution < 1.29 is 4.79 Å². The van der Waals surface area contributed by atoms with Gasteiger partial charge >= 0.3 is 0 Å². The van der Waals surface area contributed by atoms with Crippen LogP contribution < -0.4 is 11.1 Å². The number of nitrogens with two attached hydrogens (primary N) is 1. The molecule has 1 fully saturated rings. The second-order valence-corrected chi connectivity index (χ2v) is 5.92. The van der Waals surface area contributed by atoms with Gasteiger partial charge in [-0.25, -0.2) is 0 Å². The first-order chi connectivity index (χ1) is 10.1. The number of fused-ring (bicyclic) bond motifs is 1. The summed E-state index contributed by atoms with van der Waals surface area (Å²) in [5.74, 6) is -0.0937. The third-order valence-corrected chi connectivity index (χ3v) is 4.65. The first-order valence-corrected chi connectivity index (χ1v) is 7.49. The summed E-state index contributed by atoms with van der Waals surface area (Å²) in [5.41, 5.74) is 6.77. The number of nitrogens with one attached hydrogen (secondary N) is 1. The van der Waals surface area contributed by atoms with Crippen LogP contribution in [-0.4, -0.2) is 15.9 Å². The fourth-order valence-corrected chi connectivity index (χ4v) is 3.32. The molecule has 21 heavy (non-hydrogen) atoms. The lowest BCUT2D eigenvalue weighted by Gasteiger charge is -2.26. The molecule has 0 unspecified atom stereocenters. The summed E-state index contributed by atoms with van der Waals surface area (Å²) >= 11 is 5.16. The number of carbonyl (C=O) groups is 1. The number of benzene rings is 1. The molecule has 108 valence electrons. The van der Waals surface area contributed by atoms with Gasteiger partial charge in [-0.1, -0.05) is 31.1 Å². The van der Waals surface area contributed by atoms with Gasteiger partial charge in [0.05, 0.1) is 21.6 Å². The minimum Gasteiger partial charge on any atom is -0.392 e. The molecule has 0 saturated heterocycles. The highest BCUT2D eigenvalue weighted by Gasteiger charge is 2.44. The highest BCUT2D eigenvalue weighted by Crippen LogP contribution is 2.39. The quantitative estimate of drug-likeness (QED) is 0.855.